The Morgan fingerprint density at radius 1 is 1.55 bits per heavy atom. The van der Waals surface area contributed by atoms with E-state index in [9.17, 15) is 14.7 Å². The molecule has 1 rings (SSSR count). The van der Waals surface area contributed by atoms with Crippen molar-refractivity contribution in [1.29, 1.82) is 0 Å². The van der Waals surface area contributed by atoms with Crippen LogP contribution in [0.2, 0.25) is 0 Å². The van der Waals surface area contributed by atoms with Gasteiger partial charge in [0.1, 0.15) is 5.76 Å². The Bertz CT molecular complexity index is 494. The normalized spacial score (nSPS) is 12.0. The van der Waals surface area contributed by atoms with E-state index >= 15 is 0 Å². The van der Waals surface area contributed by atoms with Gasteiger partial charge in [-0.25, -0.2) is 0 Å². The molecule has 0 radical (unpaired) electrons. The molecule has 1 atom stereocenters. The Hall–Kier alpha value is -1.58. The zero-order valence-electron chi connectivity index (χ0n) is 12.9. The monoisotopic (exact) mass is 331 g/mol. The predicted molar refractivity (Wildman–Crippen MR) is 82.7 cm³/mol. The van der Waals surface area contributed by atoms with Crippen LogP contribution in [-0.2, 0) is 14.3 Å². The number of likely N-dealkylation sites (N-methyl/N-ethyl adjacent to an activating group) is 1. The number of methoxy groups -OCH3 is 1. The van der Waals surface area contributed by atoms with Gasteiger partial charge in [0.25, 0.3) is 0 Å². The van der Waals surface area contributed by atoms with Crippen molar-refractivity contribution in [2.24, 2.45) is 0 Å². The number of aliphatic hydroxyl groups is 1. The van der Waals surface area contributed by atoms with Crippen LogP contribution in [0.4, 0.5) is 5.82 Å². The summed E-state index contributed by atoms with van der Waals surface area (Å²) < 4.78 is 9.63. The molecule has 0 aliphatic heterocycles. The number of nitrogens with one attached hydrogen (secondary N) is 1. The summed E-state index contributed by atoms with van der Waals surface area (Å²) in [7, 11) is 3.08. The van der Waals surface area contributed by atoms with Crippen molar-refractivity contribution >= 4 is 29.4 Å². The van der Waals surface area contributed by atoms with E-state index in [2.05, 4.69) is 10.5 Å². The van der Waals surface area contributed by atoms with E-state index in [0.29, 0.717) is 11.6 Å². The number of aliphatic hydroxyl groups excluding tert-OH is 1. The summed E-state index contributed by atoms with van der Waals surface area (Å²) in [5, 5.41) is 15.8. The standard InChI is InChI=1S/C13H21N3O5S/c1-9-4-11(15-21-9)14-12(18)7-22-8-13(19)16(2)5-10(17)6-20-3/h4,10,17H,5-8H2,1-3H3,(H,14,15,18)/t10-/m1/s1. The molecule has 0 bridgehead atoms. The average Bonchev–Trinajstić information content (AvgIpc) is 2.83. The SMILES string of the molecule is COC[C@H](O)CN(C)C(=O)CSCC(=O)Nc1cc(C)on1. The van der Waals surface area contributed by atoms with Gasteiger partial charge in [0.05, 0.1) is 24.2 Å². The number of ether oxygens (including phenoxy) is 1. The van der Waals surface area contributed by atoms with E-state index in [1.54, 1.807) is 20.0 Å². The molecular formula is C13H21N3O5S. The van der Waals surface area contributed by atoms with Crippen molar-refractivity contribution in [1.82, 2.24) is 10.1 Å². The molecule has 9 heteroatoms. The molecule has 0 aliphatic carbocycles. The Labute approximate surface area is 133 Å². The van der Waals surface area contributed by atoms with Crippen LogP contribution in [0.5, 0.6) is 0 Å². The molecule has 0 spiro atoms. The van der Waals surface area contributed by atoms with Gasteiger partial charge < -0.3 is 24.6 Å². The van der Waals surface area contributed by atoms with E-state index in [1.165, 1.54) is 23.8 Å². The minimum absolute atomic E-state index is 0.131. The van der Waals surface area contributed by atoms with Crippen LogP contribution < -0.4 is 5.32 Å². The number of nitrogens with zero attached hydrogens (tertiary/aromatic N) is 2. The van der Waals surface area contributed by atoms with Gasteiger partial charge in [-0.3, -0.25) is 9.59 Å². The second kappa shape index (κ2) is 9.44. The smallest absolute Gasteiger partial charge is 0.235 e. The first kappa shape index (κ1) is 18.5. The lowest BCUT2D eigenvalue weighted by Gasteiger charge is -2.20. The van der Waals surface area contributed by atoms with Crippen molar-refractivity contribution in [2.75, 3.05) is 44.1 Å². The zero-order chi connectivity index (χ0) is 16.5. The van der Waals surface area contributed by atoms with Crippen LogP contribution in [0.25, 0.3) is 0 Å². The maximum absolute atomic E-state index is 11.8. The minimum Gasteiger partial charge on any atom is -0.389 e. The van der Waals surface area contributed by atoms with Crippen molar-refractivity contribution in [3.8, 4) is 0 Å². The Morgan fingerprint density at radius 2 is 2.27 bits per heavy atom. The van der Waals surface area contributed by atoms with Crippen molar-refractivity contribution in [2.45, 2.75) is 13.0 Å². The molecule has 0 saturated carbocycles. The fourth-order valence-electron chi connectivity index (χ4n) is 1.61. The first-order chi connectivity index (χ1) is 10.4. The number of amides is 2. The summed E-state index contributed by atoms with van der Waals surface area (Å²) >= 11 is 1.19. The fourth-order valence-corrected chi connectivity index (χ4v) is 2.36. The molecule has 22 heavy (non-hydrogen) atoms. The Kier molecular flexibility index (Phi) is 7.92. The van der Waals surface area contributed by atoms with Gasteiger partial charge in [-0.15, -0.1) is 11.8 Å². The lowest BCUT2D eigenvalue weighted by Crippen LogP contribution is -2.37. The summed E-state index contributed by atoms with van der Waals surface area (Å²) in [5.41, 5.74) is 0. The topological polar surface area (TPSA) is 105 Å². The second-order valence-corrected chi connectivity index (χ2v) is 5.73. The first-order valence-corrected chi connectivity index (χ1v) is 7.79. The van der Waals surface area contributed by atoms with Crippen LogP contribution in [0.15, 0.2) is 10.6 Å². The van der Waals surface area contributed by atoms with E-state index in [0.717, 1.165) is 0 Å². The maximum Gasteiger partial charge on any atom is 0.235 e. The highest BCUT2D eigenvalue weighted by molar-refractivity contribution is 8.00. The molecule has 1 aromatic rings. The zero-order valence-corrected chi connectivity index (χ0v) is 13.7. The molecule has 0 aliphatic rings. The summed E-state index contributed by atoms with van der Waals surface area (Å²) in [6.45, 7) is 2.09. The molecule has 2 amide bonds. The van der Waals surface area contributed by atoms with Gasteiger partial charge >= 0.3 is 0 Å². The van der Waals surface area contributed by atoms with Gasteiger partial charge in [-0.1, -0.05) is 5.16 Å². The molecule has 2 N–H and O–H groups in total. The number of aromatic nitrogens is 1. The molecular weight excluding hydrogens is 310 g/mol. The van der Waals surface area contributed by atoms with E-state index in [1.807, 2.05) is 0 Å². The highest BCUT2D eigenvalue weighted by Crippen LogP contribution is 2.09. The van der Waals surface area contributed by atoms with Crippen LogP contribution in [0.1, 0.15) is 5.76 Å². The average molecular weight is 331 g/mol. The number of aryl methyl sites for hydroxylation is 1. The van der Waals surface area contributed by atoms with Gasteiger partial charge in [0.2, 0.25) is 11.8 Å². The lowest BCUT2D eigenvalue weighted by molar-refractivity contribution is -0.128. The second-order valence-electron chi connectivity index (χ2n) is 4.75. The molecule has 8 nitrogen and oxygen atoms in total. The third-order valence-corrected chi connectivity index (χ3v) is 3.54. The van der Waals surface area contributed by atoms with E-state index < -0.39 is 6.10 Å². The molecule has 1 aromatic heterocycles. The summed E-state index contributed by atoms with van der Waals surface area (Å²) in [6.07, 6.45) is -0.720. The molecule has 124 valence electrons. The number of hydrogen-bond acceptors (Lipinski definition) is 7. The predicted octanol–water partition coefficient (Wildman–Crippen LogP) is 0.120. The summed E-state index contributed by atoms with van der Waals surface area (Å²) in [6, 6.07) is 1.61. The van der Waals surface area contributed by atoms with Gasteiger partial charge in [-0.05, 0) is 6.92 Å². The Balaban J connectivity index is 2.22. The van der Waals surface area contributed by atoms with Gasteiger partial charge in [-0.2, -0.15) is 0 Å². The number of carbonyl (C=O) groups excluding carboxylic acids is 2. The minimum atomic E-state index is -0.720. The number of anilines is 1. The first-order valence-electron chi connectivity index (χ1n) is 6.64. The quantitative estimate of drug-likeness (QED) is 0.662. The third kappa shape index (κ3) is 6.92. The van der Waals surface area contributed by atoms with E-state index in [4.69, 9.17) is 9.26 Å². The molecule has 0 fully saturated rings. The maximum atomic E-state index is 11.8. The third-order valence-electron chi connectivity index (χ3n) is 2.62. The van der Waals surface area contributed by atoms with Gasteiger partial charge in [0, 0.05) is 26.8 Å². The van der Waals surface area contributed by atoms with Crippen LogP contribution in [0.3, 0.4) is 0 Å². The van der Waals surface area contributed by atoms with Crippen molar-refractivity contribution in [3.63, 3.8) is 0 Å². The Morgan fingerprint density at radius 3 is 2.86 bits per heavy atom. The lowest BCUT2D eigenvalue weighted by atomic mass is 10.3. The van der Waals surface area contributed by atoms with E-state index in [-0.39, 0.29) is 36.5 Å². The highest BCUT2D eigenvalue weighted by Gasteiger charge is 2.14. The highest BCUT2D eigenvalue weighted by atomic mass is 32.2. The number of rotatable bonds is 9. The summed E-state index contributed by atoms with van der Waals surface area (Å²) in [5.74, 6) is 0.829. The number of hydrogen-bond donors (Lipinski definition) is 2. The van der Waals surface area contributed by atoms with Crippen LogP contribution in [0, 0.1) is 6.92 Å². The molecule has 0 saturated heterocycles. The van der Waals surface area contributed by atoms with Crippen molar-refractivity contribution in [3.05, 3.63) is 11.8 Å². The van der Waals surface area contributed by atoms with Gasteiger partial charge in [0.15, 0.2) is 5.82 Å². The van der Waals surface area contributed by atoms with Crippen molar-refractivity contribution < 1.29 is 24.0 Å². The number of carbonyl (C=O) groups is 2. The summed E-state index contributed by atoms with van der Waals surface area (Å²) in [4.78, 5) is 24.9. The molecule has 0 unspecified atom stereocenters. The largest absolute Gasteiger partial charge is 0.389 e. The molecule has 0 aromatic carbocycles. The van der Waals surface area contributed by atoms with Crippen LogP contribution >= 0.6 is 11.8 Å². The van der Waals surface area contributed by atoms with Crippen LogP contribution in [-0.4, -0.2) is 71.9 Å². The molecule has 1 heterocycles. The fraction of sp³-hybridized carbons (Fsp3) is 0.615. The number of thioether (sulfide) groups is 1.